The second-order valence-corrected chi connectivity index (χ2v) is 10.3. The Labute approximate surface area is 164 Å². The van der Waals surface area contributed by atoms with Crippen LogP contribution in [-0.2, 0) is 14.8 Å². The average Bonchev–Trinajstić information content (AvgIpc) is 3.24. The number of hydrogen-bond acceptors (Lipinski definition) is 7. The molecule has 0 spiro atoms. The van der Waals surface area contributed by atoms with E-state index in [0.717, 1.165) is 13.2 Å². The number of alkyl halides is 2. The molecule has 0 aromatic rings. The van der Waals surface area contributed by atoms with Crippen molar-refractivity contribution in [3.8, 4) is 0 Å². The first kappa shape index (κ1) is 21.2. The molecule has 12 heteroatoms. The third-order valence-electron chi connectivity index (χ3n) is 5.61. The van der Waals surface area contributed by atoms with Crippen LogP contribution >= 0.6 is 11.6 Å². The first-order valence-electron chi connectivity index (χ1n) is 9.10. The maximum absolute atomic E-state index is 14.6. The lowest BCUT2D eigenvalue weighted by Crippen LogP contribution is -2.54. The van der Waals surface area contributed by atoms with Crippen LogP contribution < -0.4 is 20.9 Å². The molecule has 6 unspecified atom stereocenters. The molecule has 2 aliphatic heterocycles. The number of nitrogens with zero attached hydrogens (tertiary/aromatic N) is 2. The van der Waals surface area contributed by atoms with Crippen LogP contribution in [0.15, 0.2) is 0 Å². The molecule has 3 rings (SSSR count). The lowest BCUT2D eigenvalue weighted by Gasteiger charge is -2.37. The largest absolute Gasteiger partial charge is 0.300 e. The van der Waals surface area contributed by atoms with E-state index in [1.807, 2.05) is 7.05 Å². The van der Waals surface area contributed by atoms with Gasteiger partial charge in [-0.1, -0.05) is 0 Å². The normalized spacial score (nSPS) is 39.0. The lowest BCUT2D eigenvalue weighted by atomic mass is 9.76. The average molecular weight is 427 g/mol. The van der Waals surface area contributed by atoms with Crippen molar-refractivity contribution in [2.75, 3.05) is 40.5 Å². The minimum atomic E-state index is -3.80. The van der Waals surface area contributed by atoms with Crippen molar-refractivity contribution in [1.82, 2.24) is 30.7 Å². The summed E-state index contributed by atoms with van der Waals surface area (Å²) < 4.78 is 39.1. The Morgan fingerprint density at radius 2 is 1.81 bits per heavy atom. The molecule has 1 amide bonds. The number of halogens is 2. The predicted molar refractivity (Wildman–Crippen MR) is 99.8 cm³/mol. The zero-order valence-corrected chi connectivity index (χ0v) is 17.1. The second-order valence-electron chi connectivity index (χ2n) is 7.83. The van der Waals surface area contributed by atoms with E-state index >= 15 is 0 Å². The topological polar surface area (TPSA) is 106 Å². The highest BCUT2D eigenvalue weighted by atomic mass is 35.5. The number of hydrazine groups is 1. The van der Waals surface area contributed by atoms with E-state index in [4.69, 9.17) is 11.6 Å². The van der Waals surface area contributed by atoms with Crippen LogP contribution in [0.4, 0.5) is 4.39 Å². The van der Waals surface area contributed by atoms with Gasteiger partial charge in [-0.25, -0.2) is 12.8 Å². The molecule has 2 saturated heterocycles. The van der Waals surface area contributed by atoms with E-state index in [9.17, 15) is 17.6 Å². The van der Waals surface area contributed by atoms with Crippen LogP contribution in [0, 0.1) is 11.8 Å². The van der Waals surface area contributed by atoms with Gasteiger partial charge in [0.25, 0.3) is 0 Å². The molecular weight excluding hydrogens is 399 g/mol. The summed E-state index contributed by atoms with van der Waals surface area (Å²) in [5.74, 6) is -1.61. The quantitative estimate of drug-likeness (QED) is 0.316. The van der Waals surface area contributed by atoms with Gasteiger partial charge in [-0.15, -0.1) is 16.4 Å². The van der Waals surface area contributed by atoms with Crippen LogP contribution in [0.3, 0.4) is 0 Å². The van der Waals surface area contributed by atoms with Gasteiger partial charge < -0.3 is 0 Å². The van der Waals surface area contributed by atoms with Crippen molar-refractivity contribution in [3.63, 3.8) is 0 Å². The fourth-order valence-electron chi connectivity index (χ4n) is 4.02. The summed E-state index contributed by atoms with van der Waals surface area (Å²) in [4.78, 5) is 18.5. The van der Waals surface area contributed by atoms with Crippen molar-refractivity contribution in [2.45, 2.75) is 35.8 Å². The van der Waals surface area contributed by atoms with Crippen LogP contribution in [0.1, 0.15) is 12.8 Å². The minimum absolute atomic E-state index is 0.0574. The van der Waals surface area contributed by atoms with Gasteiger partial charge in [0.15, 0.2) is 0 Å². The fourth-order valence-corrected chi connectivity index (χ4v) is 5.55. The van der Waals surface area contributed by atoms with Gasteiger partial charge in [-0.2, -0.15) is 0 Å². The summed E-state index contributed by atoms with van der Waals surface area (Å²) in [6.07, 6.45) is -0.696. The highest BCUT2D eigenvalue weighted by Gasteiger charge is 2.44. The molecule has 1 saturated carbocycles. The Morgan fingerprint density at radius 3 is 2.41 bits per heavy atom. The number of carbonyl (C=O) groups is 1. The fraction of sp³-hybridized carbons (Fsp3) is 0.933. The molecule has 2 heterocycles. The molecule has 0 radical (unpaired) electrons. The zero-order valence-electron chi connectivity index (χ0n) is 15.5. The monoisotopic (exact) mass is 426 g/mol. The second kappa shape index (κ2) is 8.44. The third kappa shape index (κ3) is 4.89. The summed E-state index contributed by atoms with van der Waals surface area (Å²) in [7, 11) is -0.0340. The smallest absolute Gasteiger partial charge is 0.245 e. The van der Waals surface area contributed by atoms with E-state index in [0.29, 0.717) is 26.1 Å². The van der Waals surface area contributed by atoms with Gasteiger partial charge in [-0.05, 0) is 32.9 Å². The Morgan fingerprint density at radius 1 is 1.15 bits per heavy atom. The maximum atomic E-state index is 14.6. The van der Waals surface area contributed by atoms with Gasteiger partial charge in [0.2, 0.25) is 15.9 Å². The van der Waals surface area contributed by atoms with Crippen LogP contribution in [0.5, 0.6) is 0 Å². The Hall–Kier alpha value is -0.560. The summed E-state index contributed by atoms with van der Waals surface area (Å²) in [6, 6.07) is 0.147. The van der Waals surface area contributed by atoms with Crippen LogP contribution in [-0.4, -0.2) is 87.6 Å². The molecule has 0 aromatic carbocycles. The molecule has 3 fully saturated rings. The zero-order chi connectivity index (χ0) is 19.8. The number of likely N-dealkylation sites (N-methyl/N-ethyl adjacent to an activating group) is 2. The van der Waals surface area contributed by atoms with Gasteiger partial charge in [0.05, 0.1) is 11.3 Å². The minimum Gasteiger partial charge on any atom is -0.300 e. The lowest BCUT2D eigenvalue weighted by molar-refractivity contribution is -0.129. The van der Waals surface area contributed by atoms with Gasteiger partial charge >= 0.3 is 0 Å². The van der Waals surface area contributed by atoms with Crippen molar-refractivity contribution in [2.24, 2.45) is 11.8 Å². The summed E-state index contributed by atoms with van der Waals surface area (Å²) in [5, 5.41) is 4.59. The molecule has 0 aromatic heterocycles. The molecule has 6 atom stereocenters. The van der Waals surface area contributed by atoms with Crippen LogP contribution in [0.25, 0.3) is 0 Å². The number of rotatable bonds is 5. The number of carbonyl (C=O) groups excluding carboxylic acids is 1. The number of nitrogens with one attached hydrogen (secondary N) is 4. The molecule has 3 aliphatic rings. The summed E-state index contributed by atoms with van der Waals surface area (Å²) in [6.45, 7) is 2.29. The molecule has 1 aliphatic carbocycles. The molecular formula is C15H28ClFN6O3S. The predicted octanol–water partition coefficient (Wildman–Crippen LogP) is -1.41. The number of amides is 1. The van der Waals surface area contributed by atoms with Crippen molar-refractivity contribution in [3.05, 3.63) is 0 Å². The standard InChI is InChI=1S/C15H28ClFN6O3S/c1-22-5-12(18-7-22)9-3-10(14(17)11(16)4-9)15(24)20-21-27(25,26)13-6-23(2)8-19-13/h9-14,18-19,21H,3-8H2,1-2H3,(H,20,24). The third-order valence-corrected chi connectivity index (χ3v) is 7.48. The summed E-state index contributed by atoms with van der Waals surface area (Å²) >= 11 is 6.17. The molecule has 9 nitrogen and oxygen atoms in total. The van der Waals surface area contributed by atoms with Crippen molar-refractivity contribution >= 4 is 27.5 Å². The molecule has 4 N–H and O–H groups in total. The van der Waals surface area contributed by atoms with Gasteiger partial charge in [0, 0.05) is 32.5 Å². The van der Waals surface area contributed by atoms with Crippen molar-refractivity contribution < 1.29 is 17.6 Å². The van der Waals surface area contributed by atoms with Crippen molar-refractivity contribution in [1.29, 1.82) is 0 Å². The first-order valence-corrected chi connectivity index (χ1v) is 11.1. The highest BCUT2D eigenvalue weighted by molar-refractivity contribution is 7.90. The first-order chi connectivity index (χ1) is 12.7. The van der Waals surface area contributed by atoms with E-state index in [2.05, 4.69) is 25.8 Å². The summed E-state index contributed by atoms with van der Waals surface area (Å²) in [5.41, 5.74) is 2.19. The Kier molecular flexibility index (Phi) is 6.61. The van der Waals surface area contributed by atoms with Crippen LogP contribution in [0.2, 0.25) is 0 Å². The van der Waals surface area contributed by atoms with E-state index in [1.54, 1.807) is 11.9 Å². The van der Waals surface area contributed by atoms with Gasteiger partial charge in [0.1, 0.15) is 11.5 Å². The van der Waals surface area contributed by atoms with E-state index in [-0.39, 0.29) is 12.0 Å². The number of sulfonamides is 1. The van der Waals surface area contributed by atoms with E-state index < -0.39 is 38.8 Å². The molecule has 27 heavy (non-hydrogen) atoms. The molecule has 0 bridgehead atoms. The Bertz CT molecular complexity index is 655. The number of hydrogen-bond donors (Lipinski definition) is 4. The van der Waals surface area contributed by atoms with Gasteiger partial charge in [-0.3, -0.25) is 30.7 Å². The maximum Gasteiger partial charge on any atom is 0.245 e. The highest BCUT2D eigenvalue weighted by Crippen LogP contribution is 2.37. The Balaban J connectivity index is 1.58. The molecule has 156 valence electrons. The SMILES string of the molecule is CN1CNC(C2CC(Cl)C(F)C(C(=O)NNS(=O)(=O)C3CN(C)CN3)C2)C1. The van der Waals surface area contributed by atoms with E-state index in [1.165, 1.54) is 0 Å².